The molecule has 4 heteroatoms. The Labute approximate surface area is 87.0 Å². The van der Waals surface area contributed by atoms with Crippen LogP contribution in [0.1, 0.15) is 34.7 Å². The number of carbonyl (C=O) groups excluding carboxylic acids is 1. The first-order chi connectivity index (χ1) is 7.13. The van der Waals surface area contributed by atoms with Gasteiger partial charge in [-0.25, -0.2) is 9.18 Å². The minimum atomic E-state index is -0.693. The first-order valence-corrected chi connectivity index (χ1v) is 4.80. The minimum Gasteiger partial charge on any atom is -0.465 e. The molecule has 0 aromatic heterocycles. The van der Waals surface area contributed by atoms with Crippen LogP contribution in [-0.4, -0.2) is 13.1 Å². The van der Waals surface area contributed by atoms with E-state index in [0.29, 0.717) is 11.6 Å². The maximum atomic E-state index is 13.5. The van der Waals surface area contributed by atoms with Crippen LogP contribution in [-0.2, 0) is 4.74 Å². The summed E-state index contributed by atoms with van der Waals surface area (Å²) in [6.07, 6.45) is 2.09. The number of hydrogen-bond acceptors (Lipinski definition) is 3. The van der Waals surface area contributed by atoms with Crippen molar-refractivity contribution in [2.45, 2.75) is 18.8 Å². The van der Waals surface area contributed by atoms with E-state index >= 15 is 0 Å². The molecule has 15 heavy (non-hydrogen) atoms. The summed E-state index contributed by atoms with van der Waals surface area (Å²) in [4.78, 5) is 11.2. The Morgan fingerprint density at radius 1 is 1.53 bits per heavy atom. The third kappa shape index (κ3) is 1.79. The van der Waals surface area contributed by atoms with Crippen LogP contribution >= 0.6 is 0 Å². The number of esters is 1. The lowest BCUT2D eigenvalue weighted by molar-refractivity contribution is 0.0595. The van der Waals surface area contributed by atoms with E-state index in [4.69, 9.17) is 5.73 Å². The predicted octanol–water partition coefficient (Wildman–Crippen LogP) is 2.07. The number of carbonyl (C=O) groups is 1. The van der Waals surface area contributed by atoms with Gasteiger partial charge in [-0.05, 0) is 36.5 Å². The summed E-state index contributed by atoms with van der Waals surface area (Å²) < 4.78 is 18.0. The van der Waals surface area contributed by atoms with E-state index in [0.717, 1.165) is 18.4 Å². The number of rotatable bonds is 2. The highest BCUT2D eigenvalue weighted by Gasteiger charge is 2.27. The van der Waals surface area contributed by atoms with Crippen molar-refractivity contribution in [1.82, 2.24) is 0 Å². The molecule has 1 aliphatic rings. The maximum Gasteiger partial charge on any atom is 0.340 e. The lowest BCUT2D eigenvalue weighted by atomic mass is 10.0. The van der Waals surface area contributed by atoms with Crippen molar-refractivity contribution in [2.24, 2.45) is 0 Å². The van der Waals surface area contributed by atoms with Gasteiger partial charge >= 0.3 is 5.97 Å². The Morgan fingerprint density at radius 2 is 2.20 bits per heavy atom. The summed E-state index contributed by atoms with van der Waals surface area (Å²) in [5.41, 5.74) is 6.93. The number of anilines is 1. The van der Waals surface area contributed by atoms with Gasteiger partial charge in [-0.3, -0.25) is 0 Å². The van der Waals surface area contributed by atoms with Crippen molar-refractivity contribution in [1.29, 1.82) is 0 Å². The Balaban J connectivity index is 2.42. The minimum absolute atomic E-state index is 0.0978. The highest BCUT2D eigenvalue weighted by atomic mass is 19.1. The van der Waals surface area contributed by atoms with Gasteiger partial charge in [-0.15, -0.1) is 0 Å². The highest BCUT2D eigenvalue weighted by molar-refractivity contribution is 5.91. The number of halogens is 1. The molecular weight excluding hydrogens is 197 g/mol. The van der Waals surface area contributed by atoms with Crippen molar-refractivity contribution >= 4 is 11.7 Å². The molecule has 1 aromatic rings. The third-order valence-corrected chi connectivity index (χ3v) is 2.60. The molecule has 2 rings (SSSR count). The van der Waals surface area contributed by atoms with Gasteiger partial charge in [-0.1, -0.05) is 0 Å². The van der Waals surface area contributed by atoms with Gasteiger partial charge in [-0.2, -0.15) is 0 Å². The van der Waals surface area contributed by atoms with E-state index in [1.807, 2.05) is 0 Å². The third-order valence-electron chi connectivity index (χ3n) is 2.60. The first kappa shape index (κ1) is 9.96. The fourth-order valence-electron chi connectivity index (χ4n) is 1.62. The average Bonchev–Trinajstić information content (AvgIpc) is 3.03. The molecular formula is C11H12FNO2. The molecule has 0 amide bonds. The zero-order chi connectivity index (χ0) is 11.0. The number of nitrogens with two attached hydrogens (primary N) is 1. The number of nitrogen functional groups attached to an aromatic ring is 1. The summed E-state index contributed by atoms with van der Waals surface area (Å²) in [7, 11) is 1.22. The molecule has 1 saturated carbocycles. The van der Waals surface area contributed by atoms with Gasteiger partial charge in [0, 0.05) is 5.69 Å². The second-order valence-electron chi connectivity index (χ2n) is 3.73. The van der Waals surface area contributed by atoms with Crippen molar-refractivity contribution in [3.05, 3.63) is 29.1 Å². The largest absolute Gasteiger partial charge is 0.465 e. The quantitative estimate of drug-likeness (QED) is 0.599. The van der Waals surface area contributed by atoms with Crippen molar-refractivity contribution in [3.63, 3.8) is 0 Å². The molecule has 0 aliphatic heterocycles. The van der Waals surface area contributed by atoms with E-state index in [9.17, 15) is 9.18 Å². The van der Waals surface area contributed by atoms with Crippen LogP contribution in [0.3, 0.4) is 0 Å². The second-order valence-corrected chi connectivity index (χ2v) is 3.73. The fraction of sp³-hybridized carbons (Fsp3) is 0.364. The van der Waals surface area contributed by atoms with Crippen LogP contribution in [0.25, 0.3) is 0 Å². The summed E-state index contributed by atoms with van der Waals surface area (Å²) in [5.74, 6) is -0.884. The molecule has 0 heterocycles. The molecule has 3 nitrogen and oxygen atoms in total. The highest BCUT2D eigenvalue weighted by Crippen LogP contribution is 2.43. The van der Waals surface area contributed by atoms with Crippen LogP contribution in [0.15, 0.2) is 12.1 Å². The van der Waals surface area contributed by atoms with Crippen molar-refractivity contribution in [2.75, 3.05) is 12.8 Å². The van der Waals surface area contributed by atoms with Crippen LogP contribution in [0, 0.1) is 5.82 Å². The fourth-order valence-corrected chi connectivity index (χ4v) is 1.62. The monoisotopic (exact) mass is 209 g/mol. The standard InChI is InChI=1S/C11H12FNO2/c1-15-11(14)8-5-10(13)7(4-9(8)12)6-2-3-6/h4-6H,2-3,13H2,1H3. The van der Waals surface area contributed by atoms with Gasteiger partial charge in [0.2, 0.25) is 0 Å². The zero-order valence-electron chi connectivity index (χ0n) is 8.42. The number of methoxy groups -OCH3 is 1. The molecule has 0 saturated heterocycles. The topological polar surface area (TPSA) is 52.3 Å². The molecule has 1 aromatic carbocycles. The molecule has 80 valence electrons. The molecule has 0 spiro atoms. The Bertz CT molecular complexity index is 413. The zero-order valence-corrected chi connectivity index (χ0v) is 8.42. The number of ether oxygens (including phenoxy) is 1. The van der Waals surface area contributed by atoms with E-state index < -0.39 is 11.8 Å². The molecule has 0 bridgehead atoms. The Morgan fingerprint density at radius 3 is 2.73 bits per heavy atom. The van der Waals surface area contributed by atoms with E-state index in [-0.39, 0.29) is 5.56 Å². The smallest absolute Gasteiger partial charge is 0.340 e. The average molecular weight is 209 g/mol. The lowest BCUT2D eigenvalue weighted by Crippen LogP contribution is -2.07. The SMILES string of the molecule is COC(=O)c1cc(N)c(C2CC2)cc1F. The molecule has 0 radical (unpaired) electrons. The van der Waals surface area contributed by atoms with Crippen LogP contribution in [0.5, 0.6) is 0 Å². The van der Waals surface area contributed by atoms with Gasteiger partial charge in [0.1, 0.15) is 5.82 Å². The molecule has 0 unspecified atom stereocenters. The van der Waals surface area contributed by atoms with Crippen LogP contribution in [0.4, 0.5) is 10.1 Å². The Hall–Kier alpha value is -1.58. The predicted molar refractivity (Wildman–Crippen MR) is 54.1 cm³/mol. The summed E-state index contributed by atoms with van der Waals surface area (Å²) in [6, 6.07) is 2.70. The van der Waals surface area contributed by atoms with Crippen LogP contribution < -0.4 is 5.73 Å². The van der Waals surface area contributed by atoms with Crippen LogP contribution in [0.2, 0.25) is 0 Å². The first-order valence-electron chi connectivity index (χ1n) is 4.80. The molecule has 0 atom stereocenters. The van der Waals surface area contributed by atoms with E-state index in [1.54, 1.807) is 0 Å². The Kier molecular flexibility index (Phi) is 2.34. The molecule has 1 fully saturated rings. The van der Waals surface area contributed by atoms with Gasteiger partial charge < -0.3 is 10.5 Å². The van der Waals surface area contributed by atoms with E-state index in [2.05, 4.69) is 4.74 Å². The maximum absolute atomic E-state index is 13.5. The van der Waals surface area contributed by atoms with Gasteiger partial charge in [0.25, 0.3) is 0 Å². The summed E-state index contributed by atoms with van der Waals surface area (Å²) >= 11 is 0. The number of hydrogen-bond donors (Lipinski definition) is 1. The summed E-state index contributed by atoms with van der Waals surface area (Å²) in [5, 5.41) is 0. The summed E-state index contributed by atoms with van der Waals surface area (Å²) in [6.45, 7) is 0. The second kappa shape index (κ2) is 3.53. The number of benzene rings is 1. The normalized spacial score (nSPS) is 15.1. The van der Waals surface area contributed by atoms with Crippen molar-refractivity contribution < 1.29 is 13.9 Å². The molecule has 2 N–H and O–H groups in total. The van der Waals surface area contributed by atoms with E-state index in [1.165, 1.54) is 19.2 Å². The molecule has 1 aliphatic carbocycles. The lowest BCUT2D eigenvalue weighted by Gasteiger charge is -2.07. The van der Waals surface area contributed by atoms with Gasteiger partial charge in [0.15, 0.2) is 0 Å². The van der Waals surface area contributed by atoms with Crippen molar-refractivity contribution in [3.8, 4) is 0 Å². The van der Waals surface area contributed by atoms with Gasteiger partial charge in [0.05, 0.1) is 12.7 Å².